The maximum absolute atomic E-state index is 13.3. The Bertz CT molecular complexity index is 989. The molecule has 28 heavy (non-hydrogen) atoms. The number of carbonyl (C=O) groups excluding carboxylic acids is 1. The molecule has 0 aliphatic heterocycles. The number of sulfonamides is 1. The average molecular weight is 408 g/mol. The van der Waals surface area contributed by atoms with Crippen LogP contribution in [-0.2, 0) is 19.6 Å². The molecule has 0 spiro atoms. The number of hydrogen-bond acceptors (Lipinski definition) is 7. The second kappa shape index (κ2) is 8.70. The van der Waals surface area contributed by atoms with Gasteiger partial charge in [0.25, 0.3) is 15.7 Å². The van der Waals surface area contributed by atoms with Crippen LogP contribution >= 0.6 is 0 Å². The number of nitrogens with zero attached hydrogens (tertiary/aromatic N) is 2. The SMILES string of the molecule is CCOC(=O)CN(c1cc(C)ccc1OC)S(=O)(=O)c1cccc([N+](=O)[O-])c1. The van der Waals surface area contributed by atoms with Gasteiger partial charge in [0.15, 0.2) is 0 Å². The van der Waals surface area contributed by atoms with Gasteiger partial charge in [-0.15, -0.1) is 0 Å². The zero-order chi connectivity index (χ0) is 20.9. The minimum Gasteiger partial charge on any atom is -0.495 e. The number of nitro groups is 1. The van der Waals surface area contributed by atoms with E-state index in [1.54, 1.807) is 32.0 Å². The summed E-state index contributed by atoms with van der Waals surface area (Å²) in [4.78, 5) is 22.1. The molecule has 0 heterocycles. The largest absolute Gasteiger partial charge is 0.495 e. The molecule has 10 heteroatoms. The number of aryl methyl sites for hydroxylation is 1. The predicted molar refractivity (Wildman–Crippen MR) is 102 cm³/mol. The molecule has 2 aromatic rings. The van der Waals surface area contributed by atoms with Gasteiger partial charge in [-0.05, 0) is 37.6 Å². The Morgan fingerprint density at radius 2 is 1.93 bits per heavy atom. The number of non-ortho nitro benzene ring substituents is 1. The van der Waals surface area contributed by atoms with Crippen LogP contribution in [0.3, 0.4) is 0 Å². The predicted octanol–water partition coefficient (Wildman–Crippen LogP) is 2.67. The standard InChI is InChI=1S/C18H20N2O7S/c1-4-27-18(21)12-19(16-10-13(2)8-9-17(16)26-3)28(24,25)15-7-5-6-14(11-15)20(22)23/h5-11H,4,12H2,1-3H3. The lowest BCUT2D eigenvalue weighted by atomic mass is 10.2. The molecule has 0 aliphatic carbocycles. The van der Waals surface area contributed by atoms with Gasteiger partial charge in [0, 0.05) is 12.1 Å². The van der Waals surface area contributed by atoms with Gasteiger partial charge in [-0.2, -0.15) is 0 Å². The number of rotatable bonds is 8. The highest BCUT2D eigenvalue weighted by molar-refractivity contribution is 7.92. The Morgan fingerprint density at radius 3 is 2.54 bits per heavy atom. The summed E-state index contributed by atoms with van der Waals surface area (Å²) in [5.74, 6) is -0.538. The number of nitro benzene ring substituents is 1. The van der Waals surface area contributed by atoms with Crippen molar-refractivity contribution in [3.8, 4) is 5.75 Å². The third-order valence-corrected chi connectivity index (χ3v) is 5.55. The fourth-order valence-corrected chi connectivity index (χ4v) is 3.95. The monoisotopic (exact) mass is 408 g/mol. The van der Waals surface area contributed by atoms with Gasteiger partial charge < -0.3 is 9.47 Å². The first-order valence-corrected chi connectivity index (χ1v) is 9.72. The normalized spacial score (nSPS) is 11.0. The van der Waals surface area contributed by atoms with Crippen LogP contribution in [0.4, 0.5) is 11.4 Å². The van der Waals surface area contributed by atoms with Crippen LogP contribution in [0, 0.1) is 17.0 Å². The first kappa shape index (κ1) is 21.2. The molecule has 0 saturated heterocycles. The van der Waals surface area contributed by atoms with Gasteiger partial charge in [0.2, 0.25) is 0 Å². The van der Waals surface area contributed by atoms with Gasteiger partial charge >= 0.3 is 5.97 Å². The van der Waals surface area contributed by atoms with Crippen molar-refractivity contribution >= 4 is 27.4 Å². The minimum absolute atomic E-state index is 0.0779. The van der Waals surface area contributed by atoms with Crippen LogP contribution in [0.15, 0.2) is 47.4 Å². The third-order valence-electron chi connectivity index (χ3n) is 3.80. The summed E-state index contributed by atoms with van der Waals surface area (Å²) in [6, 6.07) is 9.46. The summed E-state index contributed by atoms with van der Waals surface area (Å²) in [6.07, 6.45) is 0. The molecule has 0 fully saturated rings. The molecule has 9 nitrogen and oxygen atoms in total. The summed E-state index contributed by atoms with van der Waals surface area (Å²) in [6.45, 7) is 2.82. The quantitative estimate of drug-likeness (QED) is 0.374. The molecule has 0 N–H and O–H groups in total. The molecule has 0 saturated carbocycles. The molecule has 0 amide bonds. The van der Waals surface area contributed by atoms with E-state index in [0.29, 0.717) is 0 Å². The van der Waals surface area contributed by atoms with Crippen LogP contribution < -0.4 is 9.04 Å². The zero-order valence-electron chi connectivity index (χ0n) is 15.6. The molecular weight excluding hydrogens is 388 g/mol. The molecule has 0 unspecified atom stereocenters. The van der Waals surface area contributed by atoms with Crippen molar-refractivity contribution in [1.29, 1.82) is 0 Å². The van der Waals surface area contributed by atoms with E-state index in [2.05, 4.69) is 0 Å². The number of methoxy groups -OCH3 is 1. The lowest BCUT2D eigenvalue weighted by Crippen LogP contribution is -2.37. The zero-order valence-corrected chi connectivity index (χ0v) is 16.4. The van der Waals surface area contributed by atoms with Crippen LogP contribution in [0.2, 0.25) is 0 Å². The van der Waals surface area contributed by atoms with Crippen LogP contribution in [0.1, 0.15) is 12.5 Å². The van der Waals surface area contributed by atoms with E-state index in [1.165, 1.54) is 25.3 Å². The Morgan fingerprint density at radius 1 is 1.21 bits per heavy atom. The van der Waals surface area contributed by atoms with Crippen molar-refractivity contribution in [3.05, 3.63) is 58.1 Å². The topological polar surface area (TPSA) is 116 Å². The molecule has 0 aromatic heterocycles. The summed E-state index contributed by atoms with van der Waals surface area (Å²) in [7, 11) is -2.95. The van der Waals surface area contributed by atoms with Crippen LogP contribution in [0.5, 0.6) is 5.75 Å². The average Bonchev–Trinajstić information content (AvgIpc) is 2.66. The Hall–Kier alpha value is -3.14. The van der Waals surface area contributed by atoms with E-state index in [1.807, 2.05) is 0 Å². The Balaban J connectivity index is 2.64. The van der Waals surface area contributed by atoms with Gasteiger partial charge in [-0.25, -0.2) is 8.42 Å². The highest BCUT2D eigenvalue weighted by Gasteiger charge is 2.31. The van der Waals surface area contributed by atoms with E-state index < -0.39 is 27.5 Å². The van der Waals surface area contributed by atoms with E-state index >= 15 is 0 Å². The van der Waals surface area contributed by atoms with Crippen molar-refractivity contribution in [2.24, 2.45) is 0 Å². The fourth-order valence-electron chi connectivity index (χ4n) is 2.50. The minimum atomic E-state index is -4.32. The summed E-state index contributed by atoms with van der Waals surface area (Å²) in [5, 5.41) is 11.0. The summed E-state index contributed by atoms with van der Waals surface area (Å²) < 4.78 is 37.5. The smallest absolute Gasteiger partial charge is 0.326 e. The molecule has 2 rings (SSSR count). The summed E-state index contributed by atoms with van der Waals surface area (Å²) in [5.41, 5.74) is 0.481. The first-order valence-electron chi connectivity index (χ1n) is 8.28. The highest BCUT2D eigenvalue weighted by atomic mass is 32.2. The molecule has 0 radical (unpaired) electrons. The van der Waals surface area contributed by atoms with Crippen molar-refractivity contribution < 1.29 is 27.6 Å². The fraction of sp³-hybridized carbons (Fsp3) is 0.278. The van der Waals surface area contributed by atoms with Crippen molar-refractivity contribution in [1.82, 2.24) is 0 Å². The Kier molecular flexibility index (Phi) is 6.57. The van der Waals surface area contributed by atoms with Crippen molar-refractivity contribution in [2.45, 2.75) is 18.7 Å². The van der Waals surface area contributed by atoms with Crippen LogP contribution in [-0.4, -0.2) is 39.6 Å². The van der Waals surface area contributed by atoms with Crippen molar-refractivity contribution in [3.63, 3.8) is 0 Å². The molecule has 2 aromatic carbocycles. The maximum atomic E-state index is 13.3. The van der Waals surface area contributed by atoms with Gasteiger partial charge in [-0.3, -0.25) is 19.2 Å². The van der Waals surface area contributed by atoms with E-state index in [4.69, 9.17) is 9.47 Å². The molecule has 150 valence electrons. The number of benzene rings is 2. The number of carbonyl (C=O) groups is 1. The number of hydrogen-bond donors (Lipinski definition) is 0. The van der Waals surface area contributed by atoms with Crippen LogP contribution in [0.25, 0.3) is 0 Å². The molecular formula is C18H20N2O7S. The maximum Gasteiger partial charge on any atom is 0.326 e. The number of ether oxygens (including phenoxy) is 2. The third kappa shape index (κ3) is 4.58. The second-order valence-electron chi connectivity index (χ2n) is 5.75. The molecule has 0 atom stereocenters. The summed E-state index contributed by atoms with van der Waals surface area (Å²) >= 11 is 0. The van der Waals surface area contributed by atoms with Gasteiger partial charge in [-0.1, -0.05) is 12.1 Å². The van der Waals surface area contributed by atoms with Crippen molar-refractivity contribution in [2.75, 3.05) is 24.6 Å². The molecule has 0 aliphatic rings. The number of anilines is 1. The van der Waals surface area contributed by atoms with Gasteiger partial charge in [0.1, 0.15) is 12.3 Å². The number of esters is 1. The first-order chi connectivity index (χ1) is 13.2. The van der Waals surface area contributed by atoms with Gasteiger partial charge in [0.05, 0.1) is 29.2 Å². The second-order valence-corrected chi connectivity index (χ2v) is 7.61. The molecule has 0 bridgehead atoms. The van der Waals surface area contributed by atoms with E-state index in [0.717, 1.165) is 15.9 Å². The highest BCUT2D eigenvalue weighted by Crippen LogP contribution is 2.34. The van der Waals surface area contributed by atoms with E-state index in [-0.39, 0.29) is 28.6 Å². The lowest BCUT2D eigenvalue weighted by molar-refractivity contribution is -0.385. The lowest BCUT2D eigenvalue weighted by Gasteiger charge is -2.25. The Labute approximate surface area is 162 Å². The van der Waals surface area contributed by atoms with E-state index in [9.17, 15) is 23.3 Å².